The summed E-state index contributed by atoms with van der Waals surface area (Å²) in [6.07, 6.45) is 2.51. The second-order valence-electron chi connectivity index (χ2n) is 8.89. The number of carbonyl (C=O) groups excluding carboxylic acids is 2. The van der Waals surface area contributed by atoms with Gasteiger partial charge in [-0.2, -0.15) is 0 Å². The highest BCUT2D eigenvalue weighted by Gasteiger charge is 2.42. The number of halogens is 1. The lowest BCUT2D eigenvalue weighted by Crippen LogP contribution is -2.38. The highest BCUT2D eigenvalue weighted by Crippen LogP contribution is 2.47. The summed E-state index contributed by atoms with van der Waals surface area (Å²) in [4.78, 5) is 37.7. The molecule has 2 aromatic carbocycles. The molecule has 0 bridgehead atoms. The lowest BCUT2D eigenvalue weighted by atomic mass is 9.91. The van der Waals surface area contributed by atoms with Gasteiger partial charge < -0.3 is 15.0 Å². The van der Waals surface area contributed by atoms with Crippen LogP contribution in [-0.2, 0) is 20.7 Å². The maximum atomic E-state index is 13.5. The van der Waals surface area contributed by atoms with Gasteiger partial charge in [-0.3, -0.25) is 9.78 Å². The number of aromatic nitrogens is 1. The van der Waals surface area contributed by atoms with Gasteiger partial charge in [0.1, 0.15) is 0 Å². The molecule has 2 aliphatic heterocycles. The van der Waals surface area contributed by atoms with E-state index in [4.69, 9.17) is 21.3 Å². The summed E-state index contributed by atoms with van der Waals surface area (Å²) in [6, 6.07) is 22.2. The zero-order valence-corrected chi connectivity index (χ0v) is 22.9. The van der Waals surface area contributed by atoms with Crippen LogP contribution in [0.4, 0.5) is 0 Å². The van der Waals surface area contributed by atoms with E-state index >= 15 is 0 Å². The number of hydrogen-bond donors (Lipinski definition) is 1. The number of hydrogen-bond acceptors (Lipinski definition) is 7. The number of ether oxygens (including phenoxy) is 1. The first kappa shape index (κ1) is 26.7. The van der Waals surface area contributed by atoms with Gasteiger partial charge in [0.15, 0.2) is 5.17 Å². The molecule has 0 saturated carbocycles. The molecule has 1 aromatic heterocycles. The number of pyridine rings is 1. The van der Waals surface area contributed by atoms with Crippen molar-refractivity contribution < 1.29 is 14.3 Å². The van der Waals surface area contributed by atoms with Crippen LogP contribution < -0.4 is 5.32 Å². The van der Waals surface area contributed by atoms with Gasteiger partial charge in [0, 0.05) is 41.1 Å². The molecule has 1 unspecified atom stereocenters. The van der Waals surface area contributed by atoms with Gasteiger partial charge in [0.05, 0.1) is 30.3 Å². The quantitative estimate of drug-likeness (QED) is 0.336. The van der Waals surface area contributed by atoms with Crippen molar-refractivity contribution in [3.8, 4) is 0 Å². The van der Waals surface area contributed by atoms with Crippen molar-refractivity contribution in [2.24, 2.45) is 4.99 Å². The minimum absolute atomic E-state index is 0.121. The Balaban J connectivity index is 1.47. The summed E-state index contributed by atoms with van der Waals surface area (Å²) in [5.74, 6) is -0.570. The Labute approximate surface area is 236 Å². The average molecular weight is 559 g/mol. The molecular weight excluding hydrogens is 532 g/mol. The van der Waals surface area contributed by atoms with Gasteiger partial charge in [-0.1, -0.05) is 71.9 Å². The molecule has 0 radical (unpaired) electrons. The number of nitrogens with one attached hydrogen (secondary N) is 1. The fourth-order valence-electron chi connectivity index (χ4n) is 4.55. The molecule has 7 nitrogen and oxygen atoms in total. The summed E-state index contributed by atoms with van der Waals surface area (Å²) in [5, 5.41) is 6.20. The normalized spacial score (nSPS) is 16.4. The molecular formula is C30H27ClN4O3S. The molecule has 198 valence electrons. The number of nitrogens with zero attached hydrogens (tertiary/aromatic N) is 3. The van der Waals surface area contributed by atoms with E-state index < -0.39 is 12.0 Å². The van der Waals surface area contributed by atoms with Crippen molar-refractivity contribution in [1.82, 2.24) is 15.2 Å². The number of aliphatic imine (C=N–C) groups is 1. The molecule has 3 heterocycles. The van der Waals surface area contributed by atoms with Crippen LogP contribution in [0.25, 0.3) is 5.70 Å². The van der Waals surface area contributed by atoms with E-state index in [1.54, 1.807) is 25.3 Å². The van der Waals surface area contributed by atoms with Crippen molar-refractivity contribution in [1.29, 1.82) is 0 Å². The first-order chi connectivity index (χ1) is 19.0. The number of carbonyl (C=O) groups is 2. The molecule has 39 heavy (non-hydrogen) atoms. The maximum absolute atomic E-state index is 13.5. The Bertz CT molecular complexity index is 1440. The van der Waals surface area contributed by atoms with E-state index in [1.165, 1.54) is 11.8 Å². The van der Waals surface area contributed by atoms with Gasteiger partial charge in [-0.25, -0.2) is 9.79 Å². The number of benzene rings is 2. The molecule has 0 aliphatic carbocycles. The van der Waals surface area contributed by atoms with Gasteiger partial charge in [-0.15, -0.1) is 0 Å². The van der Waals surface area contributed by atoms with Crippen LogP contribution in [0.1, 0.15) is 36.2 Å². The second kappa shape index (κ2) is 12.3. The number of thioether (sulfide) groups is 1. The average Bonchev–Trinajstić information content (AvgIpc) is 3.36. The zero-order valence-electron chi connectivity index (χ0n) is 21.3. The van der Waals surface area contributed by atoms with Crippen LogP contribution in [-0.4, -0.2) is 40.1 Å². The second-order valence-corrected chi connectivity index (χ2v) is 10.2. The molecule has 1 amide bonds. The minimum atomic E-state index is -0.549. The Morgan fingerprint density at radius 3 is 2.54 bits per heavy atom. The molecule has 2 aliphatic rings. The zero-order chi connectivity index (χ0) is 27.2. The van der Waals surface area contributed by atoms with Crippen LogP contribution in [0.2, 0.25) is 5.02 Å². The van der Waals surface area contributed by atoms with Crippen molar-refractivity contribution in [2.45, 2.75) is 25.8 Å². The van der Waals surface area contributed by atoms with Crippen molar-refractivity contribution >= 4 is 46.1 Å². The standard InChI is InChI=1S/C30H27ClN4O3S/c1-2-38-29(37)26-27(20-8-4-3-5-9-20)34-30-35(28(26)21-11-13-22(31)14-12-21)24(19-39-30)18-25(36)33-17-15-23-10-6-7-16-32-23/h3-14,16,19,28H,2,15,17-18H2,1H3,(H,33,36). The number of amidine groups is 1. The topological polar surface area (TPSA) is 83.9 Å². The summed E-state index contributed by atoms with van der Waals surface area (Å²) < 4.78 is 5.54. The number of fused-ring (bicyclic) bond motifs is 1. The fourth-order valence-corrected chi connectivity index (χ4v) is 5.60. The first-order valence-corrected chi connectivity index (χ1v) is 13.9. The largest absolute Gasteiger partial charge is 0.463 e. The van der Waals surface area contributed by atoms with Gasteiger partial charge in [0.2, 0.25) is 5.91 Å². The van der Waals surface area contributed by atoms with E-state index in [1.807, 2.05) is 71.0 Å². The molecule has 5 rings (SSSR count). The first-order valence-electron chi connectivity index (χ1n) is 12.7. The third-order valence-electron chi connectivity index (χ3n) is 6.31. The van der Waals surface area contributed by atoms with E-state index in [-0.39, 0.29) is 18.9 Å². The minimum Gasteiger partial charge on any atom is -0.463 e. The predicted octanol–water partition coefficient (Wildman–Crippen LogP) is 5.76. The molecule has 1 N–H and O–H groups in total. The Morgan fingerprint density at radius 1 is 1.05 bits per heavy atom. The van der Waals surface area contributed by atoms with Crippen LogP contribution in [0.3, 0.4) is 0 Å². The SMILES string of the molecule is CCOC(=O)C1=C(c2ccccc2)N=C2SC=C(CC(=O)NCCc3ccccn3)N2C1c1ccc(Cl)cc1. The number of rotatable bonds is 9. The third kappa shape index (κ3) is 6.08. The molecule has 0 saturated heterocycles. The predicted molar refractivity (Wildman–Crippen MR) is 155 cm³/mol. The third-order valence-corrected chi connectivity index (χ3v) is 7.45. The fraction of sp³-hybridized carbons (Fsp3) is 0.200. The lowest BCUT2D eigenvalue weighted by molar-refractivity contribution is -0.139. The van der Waals surface area contributed by atoms with Crippen LogP contribution in [0.5, 0.6) is 0 Å². The van der Waals surface area contributed by atoms with E-state index in [0.717, 1.165) is 22.5 Å². The molecule has 9 heteroatoms. The van der Waals surface area contributed by atoms with E-state index in [2.05, 4.69) is 10.3 Å². The molecule has 0 fully saturated rings. The monoisotopic (exact) mass is 558 g/mol. The molecule has 1 atom stereocenters. The summed E-state index contributed by atoms with van der Waals surface area (Å²) in [5.41, 5.74) is 4.29. The van der Waals surface area contributed by atoms with E-state index in [9.17, 15) is 9.59 Å². The Morgan fingerprint density at radius 2 is 1.82 bits per heavy atom. The van der Waals surface area contributed by atoms with Gasteiger partial charge >= 0.3 is 5.97 Å². The van der Waals surface area contributed by atoms with Crippen molar-refractivity contribution in [3.05, 3.63) is 118 Å². The van der Waals surface area contributed by atoms with Crippen molar-refractivity contribution in [3.63, 3.8) is 0 Å². The van der Waals surface area contributed by atoms with Gasteiger partial charge in [0.25, 0.3) is 0 Å². The summed E-state index contributed by atoms with van der Waals surface area (Å²) in [6.45, 7) is 2.48. The number of esters is 1. The summed E-state index contributed by atoms with van der Waals surface area (Å²) >= 11 is 7.65. The lowest BCUT2D eigenvalue weighted by Gasteiger charge is -2.36. The molecule has 3 aromatic rings. The van der Waals surface area contributed by atoms with Crippen molar-refractivity contribution in [2.75, 3.05) is 13.2 Å². The van der Waals surface area contributed by atoms with Crippen LogP contribution >= 0.6 is 23.4 Å². The highest BCUT2D eigenvalue weighted by atomic mass is 35.5. The summed E-state index contributed by atoms with van der Waals surface area (Å²) in [7, 11) is 0. The Hall–Kier alpha value is -3.88. The van der Waals surface area contributed by atoms with E-state index in [0.29, 0.717) is 34.4 Å². The van der Waals surface area contributed by atoms with Gasteiger partial charge in [-0.05, 0) is 42.2 Å². The molecule has 0 spiro atoms. The smallest absolute Gasteiger partial charge is 0.338 e. The van der Waals surface area contributed by atoms with Crippen LogP contribution in [0.15, 0.2) is 101 Å². The highest BCUT2D eigenvalue weighted by molar-refractivity contribution is 8.16. The number of amides is 1. The van der Waals surface area contributed by atoms with Crippen LogP contribution in [0, 0.1) is 0 Å². The maximum Gasteiger partial charge on any atom is 0.338 e. The Kier molecular flexibility index (Phi) is 8.44.